The van der Waals surface area contributed by atoms with Gasteiger partial charge in [-0.25, -0.2) is 4.98 Å². The first-order chi connectivity index (χ1) is 11.6. The van der Waals surface area contributed by atoms with E-state index >= 15 is 0 Å². The number of nitro groups is 1. The number of amides is 1. The summed E-state index contributed by atoms with van der Waals surface area (Å²) in [6, 6.07) is 8.84. The molecule has 124 valence electrons. The van der Waals surface area contributed by atoms with Crippen molar-refractivity contribution in [1.29, 1.82) is 0 Å². The highest BCUT2D eigenvalue weighted by Crippen LogP contribution is 2.17. The number of non-ortho nitro benzene ring substituents is 1. The highest BCUT2D eigenvalue weighted by Gasteiger charge is 2.18. The molecular formula is C16H15N3O5. The summed E-state index contributed by atoms with van der Waals surface area (Å²) in [6.07, 6.45) is 2.24. The van der Waals surface area contributed by atoms with Gasteiger partial charge in [0.2, 0.25) is 5.88 Å². The van der Waals surface area contributed by atoms with E-state index in [9.17, 15) is 14.9 Å². The Balaban J connectivity index is 1.60. The monoisotopic (exact) mass is 329 g/mol. The molecule has 0 radical (unpaired) electrons. The maximum absolute atomic E-state index is 12.1. The maximum Gasteiger partial charge on any atom is 0.269 e. The van der Waals surface area contributed by atoms with Gasteiger partial charge < -0.3 is 14.8 Å². The molecule has 1 fully saturated rings. The van der Waals surface area contributed by atoms with Gasteiger partial charge in [0.25, 0.3) is 11.6 Å². The number of nitrogens with one attached hydrogen (secondary N) is 1. The molecule has 1 saturated heterocycles. The molecule has 0 spiro atoms. The second-order valence-corrected chi connectivity index (χ2v) is 5.25. The molecule has 2 heterocycles. The van der Waals surface area contributed by atoms with Gasteiger partial charge in [-0.05, 0) is 18.2 Å². The number of aromatic nitrogens is 1. The number of hydrogen-bond acceptors (Lipinski definition) is 6. The van der Waals surface area contributed by atoms with Crippen LogP contribution < -0.4 is 10.1 Å². The number of pyridine rings is 1. The number of ether oxygens (including phenoxy) is 2. The van der Waals surface area contributed by atoms with Gasteiger partial charge in [0.15, 0.2) is 0 Å². The summed E-state index contributed by atoms with van der Waals surface area (Å²) in [5.41, 5.74) is 0.796. The summed E-state index contributed by atoms with van der Waals surface area (Å²) in [5.74, 6) is 0.0875. The summed E-state index contributed by atoms with van der Waals surface area (Å²) < 4.78 is 10.9. The second kappa shape index (κ2) is 7.05. The van der Waals surface area contributed by atoms with Gasteiger partial charge in [0, 0.05) is 36.5 Å². The predicted molar refractivity (Wildman–Crippen MR) is 85.1 cm³/mol. The molecule has 1 aliphatic heterocycles. The van der Waals surface area contributed by atoms with Crippen molar-refractivity contribution in [3.8, 4) is 5.88 Å². The smallest absolute Gasteiger partial charge is 0.269 e. The fourth-order valence-electron chi connectivity index (χ4n) is 2.23. The minimum absolute atomic E-state index is 0.00251. The SMILES string of the molecule is O=C(Nc1ccc([N+](=O)[O-])cc1)c1ccc(OC2CCOC2)nc1. The maximum atomic E-state index is 12.1. The molecule has 2 aromatic rings. The number of nitro benzene ring substituents is 1. The summed E-state index contributed by atoms with van der Waals surface area (Å²) in [4.78, 5) is 26.4. The molecule has 1 aromatic heterocycles. The van der Waals surface area contributed by atoms with Crippen molar-refractivity contribution < 1.29 is 19.2 Å². The lowest BCUT2D eigenvalue weighted by atomic mass is 10.2. The first kappa shape index (κ1) is 15.9. The molecule has 24 heavy (non-hydrogen) atoms. The van der Waals surface area contributed by atoms with Gasteiger partial charge in [-0.15, -0.1) is 0 Å². The van der Waals surface area contributed by atoms with E-state index in [4.69, 9.17) is 9.47 Å². The largest absolute Gasteiger partial charge is 0.472 e. The minimum Gasteiger partial charge on any atom is -0.472 e. The predicted octanol–water partition coefficient (Wildman–Crippen LogP) is 2.41. The van der Waals surface area contributed by atoms with Crippen LogP contribution in [0.5, 0.6) is 5.88 Å². The Labute approximate surface area is 137 Å². The van der Waals surface area contributed by atoms with Gasteiger partial charge in [0.05, 0.1) is 23.7 Å². The summed E-state index contributed by atoms with van der Waals surface area (Å²) in [7, 11) is 0. The Hall–Kier alpha value is -3.00. The van der Waals surface area contributed by atoms with E-state index in [0.717, 1.165) is 6.42 Å². The van der Waals surface area contributed by atoms with Crippen molar-refractivity contribution in [2.45, 2.75) is 12.5 Å². The zero-order valence-corrected chi connectivity index (χ0v) is 12.7. The second-order valence-electron chi connectivity index (χ2n) is 5.25. The van der Waals surface area contributed by atoms with Crippen LogP contribution in [0.1, 0.15) is 16.8 Å². The average molecular weight is 329 g/mol. The quantitative estimate of drug-likeness (QED) is 0.667. The fraction of sp³-hybridized carbons (Fsp3) is 0.250. The zero-order valence-electron chi connectivity index (χ0n) is 12.7. The molecule has 1 atom stereocenters. The van der Waals surface area contributed by atoms with Crippen molar-refractivity contribution in [3.63, 3.8) is 0 Å². The molecule has 8 nitrogen and oxygen atoms in total. The van der Waals surface area contributed by atoms with Crippen LogP contribution in [-0.4, -0.2) is 35.1 Å². The Morgan fingerprint density at radius 2 is 2.08 bits per heavy atom. The van der Waals surface area contributed by atoms with Crippen molar-refractivity contribution in [2.24, 2.45) is 0 Å². The lowest BCUT2D eigenvalue weighted by Crippen LogP contribution is -2.17. The highest BCUT2D eigenvalue weighted by atomic mass is 16.6. The number of hydrogen-bond donors (Lipinski definition) is 1. The first-order valence-electron chi connectivity index (χ1n) is 7.38. The van der Waals surface area contributed by atoms with Crippen LogP contribution in [0.25, 0.3) is 0 Å². The molecule has 8 heteroatoms. The average Bonchev–Trinajstić information content (AvgIpc) is 3.09. The number of benzene rings is 1. The van der Waals surface area contributed by atoms with Crippen molar-refractivity contribution >= 4 is 17.3 Å². The van der Waals surface area contributed by atoms with Crippen molar-refractivity contribution in [1.82, 2.24) is 4.98 Å². The van der Waals surface area contributed by atoms with Gasteiger partial charge >= 0.3 is 0 Å². The molecule has 1 aromatic carbocycles. The van der Waals surface area contributed by atoms with E-state index in [1.54, 1.807) is 12.1 Å². The molecule has 1 amide bonds. The summed E-state index contributed by atoms with van der Waals surface area (Å²) >= 11 is 0. The molecular weight excluding hydrogens is 314 g/mol. The van der Waals surface area contributed by atoms with Crippen LogP contribution in [-0.2, 0) is 4.74 Å². The first-order valence-corrected chi connectivity index (χ1v) is 7.38. The van der Waals surface area contributed by atoms with Crippen LogP contribution >= 0.6 is 0 Å². The number of carbonyl (C=O) groups excluding carboxylic acids is 1. The van der Waals surface area contributed by atoms with Crippen LogP contribution in [0.2, 0.25) is 0 Å². The topological polar surface area (TPSA) is 104 Å². The lowest BCUT2D eigenvalue weighted by molar-refractivity contribution is -0.384. The van der Waals surface area contributed by atoms with Gasteiger partial charge in [-0.2, -0.15) is 0 Å². The van der Waals surface area contributed by atoms with E-state index in [0.29, 0.717) is 30.3 Å². The van der Waals surface area contributed by atoms with Crippen molar-refractivity contribution in [3.05, 3.63) is 58.3 Å². The zero-order chi connectivity index (χ0) is 16.9. The molecule has 0 aliphatic carbocycles. The third-order valence-electron chi connectivity index (χ3n) is 3.51. The lowest BCUT2D eigenvalue weighted by Gasteiger charge is -2.11. The molecule has 1 aliphatic rings. The summed E-state index contributed by atoms with van der Waals surface area (Å²) in [6.45, 7) is 1.23. The number of rotatable bonds is 5. The number of anilines is 1. The third kappa shape index (κ3) is 3.85. The molecule has 0 saturated carbocycles. The van der Waals surface area contributed by atoms with Gasteiger partial charge in [0.1, 0.15) is 6.10 Å². The van der Waals surface area contributed by atoms with E-state index in [1.165, 1.54) is 30.5 Å². The number of carbonyl (C=O) groups is 1. The van der Waals surface area contributed by atoms with Gasteiger partial charge in [-0.3, -0.25) is 14.9 Å². The Kier molecular flexibility index (Phi) is 4.66. The van der Waals surface area contributed by atoms with E-state index in [2.05, 4.69) is 10.3 Å². The van der Waals surface area contributed by atoms with Crippen LogP contribution in [0.15, 0.2) is 42.6 Å². The Morgan fingerprint density at radius 1 is 1.29 bits per heavy atom. The van der Waals surface area contributed by atoms with Crippen LogP contribution in [0.4, 0.5) is 11.4 Å². The van der Waals surface area contributed by atoms with E-state index in [-0.39, 0.29) is 17.7 Å². The van der Waals surface area contributed by atoms with Gasteiger partial charge in [-0.1, -0.05) is 0 Å². The van der Waals surface area contributed by atoms with Crippen LogP contribution in [0.3, 0.4) is 0 Å². The molecule has 0 bridgehead atoms. The molecule has 1 N–H and O–H groups in total. The van der Waals surface area contributed by atoms with Crippen molar-refractivity contribution in [2.75, 3.05) is 18.5 Å². The molecule has 1 unspecified atom stereocenters. The Morgan fingerprint density at radius 3 is 2.67 bits per heavy atom. The van der Waals surface area contributed by atoms with E-state index < -0.39 is 4.92 Å². The number of nitrogens with zero attached hydrogens (tertiary/aromatic N) is 2. The third-order valence-corrected chi connectivity index (χ3v) is 3.51. The molecule has 3 rings (SSSR count). The standard InChI is InChI=1S/C16H15N3O5/c20-16(18-12-2-4-13(5-3-12)19(21)22)11-1-6-15(17-9-11)24-14-7-8-23-10-14/h1-6,9,14H,7-8,10H2,(H,18,20). The fourth-order valence-corrected chi connectivity index (χ4v) is 2.23. The highest BCUT2D eigenvalue weighted by molar-refractivity contribution is 6.04. The normalized spacial score (nSPS) is 16.6. The minimum atomic E-state index is -0.496. The van der Waals surface area contributed by atoms with E-state index in [1.807, 2.05) is 0 Å². The van der Waals surface area contributed by atoms with Crippen LogP contribution in [0, 0.1) is 10.1 Å². The Bertz CT molecular complexity index is 724. The summed E-state index contributed by atoms with van der Waals surface area (Å²) in [5, 5.41) is 13.3.